The number of alkyl halides is 2. The van der Waals surface area contributed by atoms with Crippen LogP contribution in [0.15, 0.2) is 18.2 Å². The minimum atomic E-state index is -2.44. The number of ether oxygens (including phenoxy) is 1. The van der Waals surface area contributed by atoms with Gasteiger partial charge in [-0.2, -0.15) is 0 Å². The lowest BCUT2D eigenvalue weighted by Crippen LogP contribution is -2.10. The molecule has 0 aliphatic carbocycles. The predicted octanol–water partition coefficient (Wildman–Crippen LogP) is 3.63. The molecule has 0 atom stereocenters. The Morgan fingerprint density at radius 2 is 2.22 bits per heavy atom. The van der Waals surface area contributed by atoms with E-state index in [9.17, 15) is 8.78 Å². The van der Waals surface area contributed by atoms with E-state index >= 15 is 0 Å². The van der Waals surface area contributed by atoms with E-state index in [1.807, 2.05) is 6.07 Å². The van der Waals surface area contributed by atoms with Gasteiger partial charge in [0.15, 0.2) is 4.77 Å². The maximum absolute atomic E-state index is 11.9. The molecule has 0 fully saturated rings. The molecule has 1 aromatic carbocycles. The Kier molecular flexibility index (Phi) is 4.31. The number of fused-ring (bicyclic) bond motifs is 1. The van der Waals surface area contributed by atoms with E-state index in [2.05, 4.69) is 4.98 Å². The van der Waals surface area contributed by atoms with Gasteiger partial charge in [0.1, 0.15) is 6.61 Å². The summed E-state index contributed by atoms with van der Waals surface area (Å²) in [5.74, 6) is 0. The van der Waals surface area contributed by atoms with E-state index in [0.717, 1.165) is 11.0 Å². The summed E-state index contributed by atoms with van der Waals surface area (Å²) < 4.78 is 31.0. The molecule has 2 aromatic rings. The van der Waals surface area contributed by atoms with Crippen molar-refractivity contribution in [3.8, 4) is 0 Å². The minimum absolute atomic E-state index is 0.189. The van der Waals surface area contributed by atoms with Crippen LogP contribution in [0.1, 0.15) is 0 Å². The topological polar surface area (TPSA) is 29.9 Å². The number of benzene rings is 1. The zero-order chi connectivity index (χ0) is 13.1. The summed E-state index contributed by atoms with van der Waals surface area (Å²) in [5.41, 5.74) is 1.70. The molecule has 0 bridgehead atoms. The number of hydrogen-bond acceptors (Lipinski definition) is 2. The Labute approximate surface area is 112 Å². The first kappa shape index (κ1) is 13.5. The summed E-state index contributed by atoms with van der Waals surface area (Å²) in [6.45, 7) is 0.0584. The molecule has 0 amide bonds. The maximum Gasteiger partial charge on any atom is 0.261 e. The van der Waals surface area contributed by atoms with Gasteiger partial charge in [0, 0.05) is 11.6 Å². The van der Waals surface area contributed by atoms with Crippen molar-refractivity contribution < 1.29 is 13.5 Å². The highest BCUT2D eigenvalue weighted by molar-refractivity contribution is 7.71. The number of rotatable bonds is 5. The molecule has 0 saturated carbocycles. The second-order valence-electron chi connectivity index (χ2n) is 3.71. The Hall–Kier alpha value is -0.980. The third-order valence-electron chi connectivity index (χ3n) is 2.44. The van der Waals surface area contributed by atoms with Crippen LogP contribution in [0.3, 0.4) is 0 Å². The molecule has 0 aliphatic rings. The van der Waals surface area contributed by atoms with Crippen LogP contribution in [-0.2, 0) is 11.3 Å². The van der Waals surface area contributed by atoms with Gasteiger partial charge in [-0.25, -0.2) is 8.78 Å². The summed E-state index contributed by atoms with van der Waals surface area (Å²) in [7, 11) is 0. The van der Waals surface area contributed by atoms with Crippen LogP contribution in [0.5, 0.6) is 0 Å². The molecule has 1 heterocycles. The highest BCUT2D eigenvalue weighted by Crippen LogP contribution is 2.19. The molecule has 0 aliphatic heterocycles. The summed E-state index contributed by atoms with van der Waals surface area (Å²) in [6.07, 6.45) is -2.44. The third kappa shape index (κ3) is 3.07. The molecule has 0 radical (unpaired) electrons. The van der Waals surface area contributed by atoms with Gasteiger partial charge in [-0.1, -0.05) is 11.6 Å². The van der Waals surface area contributed by atoms with Crippen molar-refractivity contribution >= 4 is 34.9 Å². The molecule has 3 nitrogen and oxygen atoms in total. The largest absolute Gasteiger partial charge is 0.374 e. The highest BCUT2D eigenvalue weighted by atomic mass is 35.5. The molecular formula is C11H11ClF2N2OS. The van der Waals surface area contributed by atoms with Gasteiger partial charge in [-0.15, -0.1) is 0 Å². The SMILES string of the molecule is FC(F)COCCn1c(=S)[nH]c2cc(Cl)ccc21. The van der Waals surface area contributed by atoms with Crippen LogP contribution in [0, 0.1) is 4.77 Å². The number of aromatic nitrogens is 2. The van der Waals surface area contributed by atoms with Crippen LogP contribution in [0.4, 0.5) is 8.78 Å². The summed E-state index contributed by atoms with van der Waals surface area (Å²) in [6, 6.07) is 5.35. The van der Waals surface area contributed by atoms with Crippen molar-refractivity contribution in [2.75, 3.05) is 13.2 Å². The van der Waals surface area contributed by atoms with Crippen LogP contribution < -0.4 is 0 Å². The van der Waals surface area contributed by atoms with Crippen LogP contribution in [0.25, 0.3) is 11.0 Å². The molecule has 0 spiro atoms. The van der Waals surface area contributed by atoms with Crippen molar-refractivity contribution in [1.29, 1.82) is 0 Å². The van der Waals surface area contributed by atoms with Gasteiger partial charge in [0.25, 0.3) is 6.43 Å². The molecule has 98 valence electrons. The fourth-order valence-corrected chi connectivity index (χ4v) is 2.16. The van der Waals surface area contributed by atoms with Gasteiger partial charge in [-0.05, 0) is 30.4 Å². The lowest BCUT2D eigenvalue weighted by Gasteiger charge is -2.05. The van der Waals surface area contributed by atoms with E-state index < -0.39 is 13.0 Å². The number of halogens is 3. The summed E-state index contributed by atoms with van der Waals surface area (Å²) in [4.78, 5) is 3.01. The average Bonchev–Trinajstić information content (AvgIpc) is 2.59. The lowest BCUT2D eigenvalue weighted by molar-refractivity contribution is 0.0149. The first-order chi connectivity index (χ1) is 8.58. The van der Waals surface area contributed by atoms with Crippen LogP contribution in [-0.4, -0.2) is 29.2 Å². The smallest absolute Gasteiger partial charge is 0.261 e. The Balaban J connectivity index is 2.13. The van der Waals surface area contributed by atoms with E-state index in [1.54, 1.807) is 16.7 Å². The van der Waals surface area contributed by atoms with E-state index in [1.165, 1.54) is 0 Å². The summed E-state index contributed by atoms with van der Waals surface area (Å²) in [5, 5.41) is 0.611. The number of nitrogens with zero attached hydrogens (tertiary/aromatic N) is 1. The van der Waals surface area contributed by atoms with Gasteiger partial charge in [0.05, 0.1) is 17.6 Å². The average molecular weight is 293 g/mol. The predicted molar refractivity (Wildman–Crippen MR) is 69.0 cm³/mol. The van der Waals surface area contributed by atoms with Crippen LogP contribution >= 0.6 is 23.8 Å². The minimum Gasteiger partial charge on any atom is -0.374 e. The van der Waals surface area contributed by atoms with Gasteiger partial charge in [0.2, 0.25) is 0 Å². The van der Waals surface area contributed by atoms with Crippen molar-refractivity contribution in [3.63, 3.8) is 0 Å². The second-order valence-corrected chi connectivity index (χ2v) is 4.53. The molecule has 2 rings (SSSR count). The molecule has 0 saturated heterocycles. The quantitative estimate of drug-likeness (QED) is 0.674. The van der Waals surface area contributed by atoms with Crippen LogP contribution in [0.2, 0.25) is 5.02 Å². The maximum atomic E-state index is 11.9. The Bertz CT molecular complexity index is 596. The first-order valence-corrected chi connectivity index (χ1v) is 6.10. The Morgan fingerprint density at radius 3 is 2.94 bits per heavy atom. The number of H-pyrrole nitrogens is 1. The highest BCUT2D eigenvalue weighted by Gasteiger charge is 2.06. The van der Waals surface area contributed by atoms with Gasteiger partial charge >= 0.3 is 0 Å². The molecule has 1 N–H and O–H groups in total. The zero-order valence-corrected chi connectivity index (χ0v) is 10.9. The number of aromatic amines is 1. The Morgan fingerprint density at radius 1 is 1.44 bits per heavy atom. The van der Waals surface area contributed by atoms with Crippen molar-refractivity contribution in [1.82, 2.24) is 9.55 Å². The zero-order valence-electron chi connectivity index (χ0n) is 9.33. The first-order valence-electron chi connectivity index (χ1n) is 5.32. The van der Waals surface area contributed by atoms with Gasteiger partial charge < -0.3 is 14.3 Å². The fourth-order valence-electron chi connectivity index (χ4n) is 1.69. The number of imidazole rings is 1. The molecule has 0 unspecified atom stereocenters. The lowest BCUT2D eigenvalue weighted by atomic mass is 10.3. The molecule has 18 heavy (non-hydrogen) atoms. The second kappa shape index (κ2) is 5.77. The number of nitrogens with one attached hydrogen (secondary N) is 1. The van der Waals surface area contributed by atoms with Crippen molar-refractivity contribution in [2.24, 2.45) is 0 Å². The molecule has 7 heteroatoms. The fraction of sp³-hybridized carbons (Fsp3) is 0.364. The normalized spacial score (nSPS) is 11.6. The standard InChI is InChI=1S/C11H11ClF2N2OS/c12-7-1-2-9-8(5-7)15-11(18)16(9)3-4-17-6-10(13)14/h1-2,5,10H,3-4,6H2,(H,15,18). The monoisotopic (exact) mass is 292 g/mol. The summed E-state index contributed by atoms with van der Waals surface area (Å²) >= 11 is 11.0. The molecular weight excluding hydrogens is 282 g/mol. The molecule has 1 aromatic heterocycles. The van der Waals surface area contributed by atoms with Gasteiger partial charge in [-0.3, -0.25) is 0 Å². The van der Waals surface area contributed by atoms with Crippen molar-refractivity contribution in [2.45, 2.75) is 13.0 Å². The third-order valence-corrected chi connectivity index (χ3v) is 3.00. The van der Waals surface area contributed by atoms with E-state index in [0.29, 0.717) is 16.3 Å². The van der Waals surface area contributed by atoms with E-state index in [-0.39, 0.29) is 6.61 Å². The van der Waals surface area contributed by atoms with E-state index in [4.69, 9.17) is 28.6 Å². The van der Waals surface area contributed by atoms with Crippen molar-refractivity contribution in [3.05, 3.63) is 28.0 Å². The number of hydrogen-bond donors (Lipinski definition) is 1.